The Morgan fingerprint density at radius 1 is 1.29 bits per heavy atom. The van der Waals surface area contributed by atoms with Gasteiger partial charge in [0.15, 0.2) is 0 Å². The average Bonchev–Trinajstić information content (AvgIpc) is 3.06. The zero-order valence-electron chi connectivity index (χ0n) is 15.0. The molecule has 2 aromatic rings. The minimum Gasteiger partial charge on any atom is -0.494 e. The summed E-state index contributed by atoms with van der Waals surface area (Å²) < 4.78 is 6.93. The lowest BCUT2D eigenvalue weighted by molar-refractivity contribution is 0.0764. The van der Waals surface area contributed by atoms with E-state index in [1.54, 1.807) is 24.3 Å². The van der Waals surface area contributed by atoms with Crippen LogP contribution in [0.5, 0.6) is 5.75 Å². The lowest BCUT2D eigenvalue weighted by atomic mass is 10.2. The first kappa shape index (κ1) is 20.3. The van der Waals surface area contributed by atoms with Crippen molar-refractivity contribution in [1.82, 2.24) is 14.5 Å². The normalized spacial score (nSPS) is 19.0. The van der Waals surface area contributed by atoms with Gasteiger partial charge in [0.2, 0.25) is 0 Å². The first-order chi connectivity index (χ1) is 13.4. The standard InChI is InChI=1S/C18H21BrN4O5/c19-13-8-23(18(27)21-16(13)25)14-9-22(10-15(14)24)17(26)11-2-4-12(5-3-11)28-7-1-6-20/h2-5,8,14-15,24H,1,6-7,9-10,20H2,(H,21,25,27)/t14-,15-/m0/s1. The van der Waals surface area contributed by atoms with E-state index in [4.69, 9.17) is 10.5 Å². The molecule has 150 valence electrons. The molecule has 1 aliphatic rings. The van der Waals surface area contributed by atoms with Crippen LogP contribution in [0.3, 0.4) is 0 Å². The molecule has 1 aromatic carbocycles. The van der Waals surface area contributed by atoms with Crippen LogP contribution in [0.4, 0.5) is 0 Å². The molecule has 9 nitrogen and oxygen atoms in total. The molecule has 1 aliphatic heterocycles. The highest BCUT2D eigenvalue weighted by Crippen LogP contribution is 2.24. The molecule has 0 spiro atoms. The van der Waals surface area contributed by atoms with Crippen molar-refractivity contribution >= 4 is 21.8 Å². The van der Waals surface area contributed by atoms with Gasteiger partial charge in [0.25, 0.3) is 11.5 Å². The van der Waals surface area contributed by atoms with E-state index >= 15 is 0 Å². The van der Waals surface area contributed by atoms with Gasteiger partial charge in [-0.15, -0.1) is 0 Å². The Morgan fingerprint density at radius 3 is 2.68 bits per heavy atom. The SMILES string of the molecule is NCCCOc1ccc(C(=O)N2C[C@H](O)[C@@H](n3cc(Br)c(=O)[nH]c3=O)C2)cc1. The number of halogens is 1. The van der Waals surface area contributed by atoms with E-state index in [0.29, 0.717) is 24.5 Å². The molecule has 1 aromatic heterocycles. The van der Waals surface area contributed by atoms with Crippen molar-refractivity contribution < 1.29 is 14.6 Å². The zero-order valence-corrected chi connectivity index (χ0v) is 16.6. The maximum absolute atomic E-state index is 12.8. The molecule has 1 fully saturated rings. The van der Waals surface area contributed by atoms with E-state index in [1.165, 1.54) is 15.7 Å². The highest BCUT2D eigenvalue weighted by Gasteiger charge is 2.36. The third-order valence-electron chi connectivity index (χ3n) is 4.55. The summed E-state index contributed by atoms with van der Waals surface area (Å²) >= 11 is 3.07. The Kier molecular flexibility index (Phi) is 6.32. The molecule has 4 N–H and O–H groups in total. The lowest BCUT2D eigenvalue weighted by Crippen LogP contribution is -2.36. The molecule has 28 heavy (non-hydrogen) atoms. The molecular formula is C18H21BrN4O5. The van der Waals surface area contributed by atoms with Gasteiger partial charge in [-0.2, -0.15) is 0 Å². The van der Waals surface area contributed by atoms with Crippen LogP contribution in [0, 0.1) is 0 Å². The number of hydrogen-bond donors (Lipinski definition) is 3. The third kappa shape index (κ3) is 4.34. The first-order valence-corrected chi connectivity index (χ1v) is 9.61. The fourth-order valence-electron chi connectivity index (χ4n) is 3.07. The third-order valence-corrected chi connectivity index (χ3v) is 5.11. The Balaban J connectivity index is 1.72. The number of β-amino-alcohol motifs (C(OH)–C–C–N with tert-alkyl or cyclic N) is 1. The number of aromatic nitrogens is 2. The van der Waals surface area contributed by atoms with E-state index in [0.717, 1.165) is 6.42 Å². The summed E-state index contributed by atoms with van der Waals surface area (Å²) in [5.41, 5.74) is 4.70. The Hall–Kier alpha value is -2.43. The summed E-state index contributed by atoms with van der Waals surface area (Å²) in [6.07, 6.45) is 1.14. The number of carbonyl (C=O) groups excluding carboxylic acids is 1. The van der Waals surface area contributed by atoms with Crippen LogP contribution in [-0.2, 0) is 0 Å². The Labute approximate surface area is 168 Å². The molecule has 2 atom stereocenters. The largest absolute Gasteiger partial charge is 0.494 e. The number of nitrogens with one attached hydrogen (secondary N) is 1. The fraction of sp³-hybridized carbons (Fsp3) is 0.389. The predicted octanol–water partition coefficient (Wildman–Crippen LogP) is 0.0847. The summed E-state index contributed by atoms with van der Waals surface area (Å²) in [6.45, 7) is 1.28. The Bertz CT molecular complexity index is 956. The summed E-state index contributed by atoms with van der Waals surface area (Å²) in [5.74, 6) is 0.389. The maximum atomic E-state index is 12.8. The number of aromatic amines is 1. The lowest BCUT2D eigenvalue weighted by Gasteiger charge is -2.18. The van der Waals surface area contributed by atoms with E-state index in [2.05, 4.69) is 20.9 Å². The van der Waals surface area contributed by atoms with Gasteiger partial charge < -0.3 is 20.5 Å². The number of benzene rings is 1. The number of nitrogens with two attached hydrogens (primary N) is 1. The minimum atomic E-state index is -0.932. The van der Waals surface area contributed by atoms with Crippen LogP contribution in [0.2, 0.25) is 0 Å². The number of carbonyl (C=O) groups is 1. The van der Waals surface area contributed by atoms with Crippen molar-refractivity contribution in [1.29, 1.82) is 0 Å². The molecule has 0 bridgehead atoms. The van der Waals surface area contributed by atoms with Crippen LogP contribution in [0.15, 0.2) is 44.5 Å². The molecule has 0 aliphatic carbocycles. The second kappa shape index (κ2) is 8.72. The first-order valence-electron chi connectivity index (χ1n) is 8.82. The summed E-state index contributed by atoms with van der Waals surface area (Å²) in [4.78, 5) is 40.0. The number of aliphatic hydroxyl groups excluding tert-OH is 1. The van der Waals surface area contributed by atoms with Gasteiger partial charge in [0.1, 0.15) is 5.75 Å². The van der Waals surface area contributed by atoms with Crippen molar-refractivity contribution in [2.45, 2.75) is 18.6 Å². The molecule has 3 rings (SSSR count). The maximum Gasteiger partial charge on any atom is 0.328 e. The molecule has 0 saturated carbocycles. The second-order valence-corrected chi connectivity index (χ2v) is 7.36. The van der Waals surface area contributed by atoms with Crippen molar-refractivity contribution in [3.63, 3.8) is 0 Å². The molecular weight excluding hydrogens is 432 g/mol. The molecule has 0 radical (unpaired) electrons. The van der Waals surface area contributed by atoms with Gasteiger partial charge >= 0.3 is 5.69 Å². The van der Waals surface area contributed by atoms with Gasteiger partial charge in [-0.1, -0.05) is 0 Å². The van der Waals surface area contributed by atoms with Crippen molar-refractivity contribution in [2.75, 3.05) is 26.2 Å². The van der Waals surface area contributed by atoms with Crippen molar-refractivity contribution in [2.24, 2.45) is 5.73 Å². The number of hydrogen-bond acceptors (Lipinski definition) is 6. The summed E-state index contributed by atoms with van der Waals surface area (Å²) in [7, 11) is 0. The second-order valence-electron chi connectivity index (χ2n) is 6.50. The van der Waals surface area contributed by atoms with Gasteiger partial charge in [-0.3, -0.25) is 19.1 Å². The molecule has 0 unspecified atom stereocenters. The number of nitrogens with zero attached hydrogens (tertiary/aromatic N) is 2. The van der Waals surface area contributed by atoms with Crippen LogP contribution in [0.1, 0.15) is 22.8 Å². The number of ether oxygens (including phenoxy) is 1. The number of amides is 1. The predicted molar refractivity (Wildman–Crippen MR) is 106 cm³/mol. The monoisotopic (exact) mass is 452 g/mol. The molecule has 1 saturated heterocycles. The topological polar surface area (TPSA) is 131 Å². The van der Waals surface area contributed by atoms with Crippen molar-refractivity contribution in [3.8, 4) is 5.75 Å². The highest BCUT2D eigenvalue weighted by atomic mass is 79.9. The van der Waals surface area contributed by atoms with E-state index in [1.807, 2.05) is 0 Å². The number of H-pyrrole nitrogens is 1. The number of rotatable bonds is 6. The molecule has 10 heteroatoms. The van der Waals surface area contributed by atoms with Crippen molar-refractivity contribution in [3.05, 3.63) is 61.3 Å². The molecule has 1 amide bonds. The van der Waals surface area contributed by atoms with Crippen LogP contribution in [-0.4, -0.2) is 57.8 Å². The van der Waals surface area contributed by atoms with E-state index < -0.39 is 23.4 Å². The Morgan fingerprint density at radius 2 is 2.00 bits per heavy atom. The van der Waals surface area contributed by atoms with Gasteiger partial charge in [0.05, 0.1) is 23.2 Å². The summed E-state index contributed by atoms with van der Waals surface area (Å²) in [6, 6.07) is 6.07. The quantitative estimate of drug-likeness (QED) is 0.532. The highest BCUT2D eigenvalue weighted by molar-refractivity contribution is 9.10. The molecule has 2 heterocycles. The number of aliphatic hydroxyl groups is 1. The van der Waals surface area contributed by atoms with Crippen LogP contribution < -0.4 is 21.7 Å². The van der Waals surface area contributed by atoms with Crippen LogP contribution >= 0.6 is 15.9 Å². The fourth-order valence-corrected chi connectivity index (χ4v) is 3.39. The average molecular weight is 453 g/mol. The smallest absolute Gasteiger partial charge is 0.328 e. The zero-order chi connectivity index (χ0) is 20.3. The van der Waals surface area contributed by atoms with Gasteiger partial charge in [-0.25, -0.2) is 4.79 Å². The van der Waals surface area contributed by atoms with Gasteiger partial charge in [0, 0.05) is 24.8 Å². The minimum absolute atomic E-state index is 0.0848. The summed E-state index contributed by atoms with van der Waals surface area (Å²) in [5, 5.41) is 10.4. The number of likely N-dealkylation sites (tertiary alicyclic amines) is 1. The van der Waals surface area contributed by atoms with E-state index in [-0.39, 0.29) is 23.5 Å². The van der Waals surface area contributed by atoms with Gasteiger partial charge in [-0.05, 0) is 53.2 Å². The van der Waals surface area contributed by atoms with E-state index in [9.17, 15) is 19.5 Å². The van der Waals surface area contributed by atoms with Crippen LogP contribution in [0.25, 0.3) is 0 Å².